The highest BCUT2D eigenvalue weighted by Crippen LogP contribution is 2.34. The number of nitro benzene ring substituents is 1. The van der Waals surface area contributed by atoms with E-state index in [1.165, 1.54) is 35.6 Å². The first kappa shape index (κ1) is 21.4. The molecule has 0 atom stereocenters. The summed E-state index contributed by atoms with van der Waals surface area (Å²) in [5.41, 5.74) is 4.57. The van der Waals surface area contributed by atoms with Gasteiger partial charge in [-0.15, -0.1) is 11.3 Å². The predicted octanol–water partition coefficient (Wildman–Crippen LogP) is 3.18. The number of hydrazine groups is 1. The lowest BCUT2D eigenvalue weighted by molar-refractivity contribution is -0.384. The quantitative estimate of drug-likeness (QED) is 0.301. The molecule has 0 aliphatic rings. The van der Waals surface area contributed by atoms with Gasteiger partial charge in [0.05, 0.1) is 9.95 Å². The summed E-state index contributed by atoms with van der Waals surface area (Å²) in [5, 5.41) is 14.0. The van der Waals surface area contributed by atoms with Crippen molar-refractivity contribution in [2.45, 2.75) is 0 Å². The average molecular weight is 465 g/mol. The zero-order valence-corrected chi connectivity index (χ0v) is 17.4. The number of halogens is 1. The van der Waals surface area contributed by atoms with E-state index in [-0.39, 0.29) is 23.2 Å². The van der Waals surface area contributed by atoms with Gasteiger partial charge in [-0.25, -0.2) is 0 Å². The summed E-state index contributed by atoms with van der Waals surface area (Å²) in [6, 6.07) is 12.6. The number of carbonyl (C=O) groups excluding carboxylic acids is 2. The smallest absolute Gasteiger partial charge is 0.276 e. The highest BCUT2D eigenvalue weighted by molar-refractivity contribution is 7.80. The Bertz CT molecular complexity index is 1130. The highest BCUT2D eigenvalue weighted by atomic mass is 35.5. The van der Waals surface area contributed by atoms with Crippen LogP contribution in [-0.2, 0) is 4.79 Å². The van der Waals surface area contributed by atoms with E-state index in [9.17, 15) is 19.7 Å². The van der Waals surface area contributed by atoms with Crippen LogP contribution in [0, 0.1) is 10.1 Å². The monoisotopic (exact) mass is 464 g/mol. The van der Waals surface area contributed by atoms with Crippen molar-refractivity contribution < 1.29 is 19.2 Å². The number of carbonyl (C=O) groups is 2. The molecule has 9 nitrogen and oxygen atoms in total. The number of thiophene rings is 1. The number of hydrogen-bond donors (Lipinski definition) is 3. The van der Waals surface area contributed by atoms with Crippen LogP contribution in [0.4, 0.5) is 5.69 Å². The van der Waals surface area contributed by atoms with Crippen LogP contribution in [0.3, 0.4) is 0 Å². The van der Waals surface area contributed by atoms with Gasteiger partial charge in [0, 0.05) is 22.2 Å². The SMILES string of the molecule is O=C(COc1ccc([N+](=O)[O-])cc1)NNC(=S)NC(=O)c1sc2ccccc2c1Cl. The fourth-order valence-electron chi connectivity index (χ4n) is 2.33. The maximum absolute atomic E-state index is 12.4. The number of benzene rings is 2. The molecule has 0 bridgehead atoms. The van der Waals surface area contributed by atoms with Crippen molar-refractivity contribution >= 4 is 67.9 Å². The summed E-state index contributed by atoms with van der Waals surface area (Å²) < 4.78 is 6.08. The Morgan fingerprint density at radius 3 is 2.50 bits per heavy atom. The fourth-order valence-corrected chi connectivity index (χ4v) is 3.88. The van der Waals surface area contributed by atoms with E-state index in [0.717, 1.165) is 10.1 Å². The van der Waals surface area contributed by atoms with Crippen molar-refractivity contribution in [2.24, 2.45) is 0 Å². The molecule has 154 valence electrons. The van der Waals surface area contributed by atoms with Gasteiger partial charge in [0.1, 0.15) is 10.6 Å². The van der Waals surface area contributed by atoms with Crippen molar-refractivity contribution in [3.05, 3.63) is 68.5 Å². The summed E-state index contributed by atoms with van der Waals surface area (Å²) in [6.07, 6.45) is 0. The zero-order chi connectivity index (χ0) is 21.7. The highest BCUT2D eigenvalue weighted by Gasteiger charge is 2.18. The first-order valence-corrected chi connectivity index (χ1v) is 9.90. The van der Waals surface area contributed by atoms with Gasteiger partial charge in [-0.05, 0) is 30.4 Å². The Kier molecular flexibility index (Phi) is 6.77. The van der Waals surface area contributed by atoms with Crippen LogP contribution in [0.5, 0.6) is 5.75 Å². The molecule has 1 aromatic heterocycles. The number of rotatable bonds is 5. The van der Waals surface area contributed by atoms with Gasteiger partial charge < -0.3 is 4.74 Å². The third kappa shape index (κ3) is 5.20. The second-order valence-electron chi connectivity index (χ2n) is 5.74. The summed E-state index contributed by atoms with van der Waals surface area (Å²) >= 11 is 12.5. The number of non-ortho nitro benzene ring substituents is 1. The Labute approximate surface area is 184 Å². The van der Waals surface area contributed by atoms with E-state index in [4.69, 9.17) is 28.6 Å². The molecule has 0 radical (unpaired) electrons. The van der Waals surface area contributed by atoms with Crippen LogP contribution in [0.1, 0.15) is 9.67 Å². The number of nitrogens with one attached hydrogen (secondary N) is 3. The van der Waals surface area contributed by atoms with Crippen LogP contribution in [0.2, 0.25) is 5.02 Å². The van der Waals surface area contributed by atoms with Gasteiger partial charge >= 0.3 is 0 Å². The summed E-state index contributed by atoms with van der Waals surface area (Å²) in [5.74, 6) is -0.800. The number of thiocarbonyl (C=S) groups is 1. The second-order valence-corrected chi connectivity index (χ2v) is 7.58. The summed E-state index contributed by atoms with van der Waals surface area (Å²) in [7, 11) is 0. The van der Waals surface area contributed by atoms with Crippen LogP contribution < -0.4 is 20.9 Å². The minimum Gasteiger partial charge on any atom is -0.484 e. The Hall–Kier alpha value is -3.28. The third-order valence-corrected chi connectivity index (χ3v) is 5.58. The zero-order valence-electron chi connectivity index (χ0n) is 15.0. The van der Waals surface area contributed by atoms with Gasteiger partial charge in [0.15, 0.2) is 11.7 Å². The van der Waals surface area contributed by atoms with Gasteiger partial charge in [-0.1, -0.05) is 29.8 Å². The number of fused-ring (bicyclic) bond motifs is 1. The number of nitrogens with zero attached hydrogens (tertiary/aromatic N) is 1. The van der Waals surface area contributed by atoms with E-state index in [2.05, 4.69) is 16.2 Å². The van der Waals surface area contributed by atoms with Crippen molar-refractivity contribution in [1.82, 2.24) is 16.2 Å². The Morgan fingerprint density at radius 2 is 1.83 bits per heavy atom. The molecule has 2 aromatic carbocycles. The van der Waals surface area contributed by atoms with Gasteiger partial charge in [0.25, 0.3) is 17.5 Å². The standard InChI is InChI=1S/C18H13ClN4O5S2/c19-15-12-3-1-2-4-13(12)30-16(15)17(25)20-18(29)22-21-14(24)9-28-11-7-5-10(6-8-11)23(26)27/h1-8H,9H2,(H,21,24)(H2,20,22,25,29). The summed E-state index contributed by atoms with van der Waals surface area (Å²) in [4.78, 5) is 34.6. The minimum absolute atomic E-state index is 0.0895. The molecule has 0 fully saturated rings. The third-order valence-electron chi connectivity index (χ3n) is 3.70. The Balaban J connectivity index is 1.46. The van der Waals surface area contributed by atoms with Crippen LogP contribution in [-0.4, -0.2) is 28.5 Å². The molecule has 0 aliphatic heterocycles. The second kappa shape index (κ2) is 9.48. The largest absolute Gasteiger partial charge is 0.484 e. The van der Waals surface area contributed by atoms with Gasteiger partial charge in [-0.2, -0.15) is 0 Å². The molecule has 3 rings (SSSR count). The molecule has 0 spiro atoms. The van der Waals surface area contributed by atoms with Crippen LogP contribution in [0.15, 0.2) is 48.5 Å². The van der Waals surface area contributed by atoms with Crippen molar-refractivity contribution in [3.63, 3.8) is 0 Å². The molecule has 1 heterocycles. The average Bonchev–Trinajstić information content (AvgIpc) is 3.08. The van der Waals surface area contributed by atoms with E-state index in [1.807, 2.05) is 24.3 Å². The van der Waals surface area contributed by atoms with Crippen molar-refractivity contribution in [2.75, 3.05) is 6.61 Å². The number of ether oxygens (including phenoxy) is 1. The van der Waals surface area contributed by atoms with E-state index in [0.29, 0.717) is 9.90 Å². The first-order valence-electron chi connectivity index (χ1n) is 8.29. The minimum atomic E-state index is -0.579. The molecule has 3 aromatic rings. The normalized spacial score (nSPS) is 10.3. The molecular weight excluding hydrogens is 452 g/mol. The van der Waals surface area contributed by atoms with Crippen LogP contribution in [0.25, 0.3) is 10.1 Å². The summed E-state index contributed by atoms with van der Waals surface area (Å²) in [6.45, 7) is -0.372. The topological polar surface area (TPSA) is 123 Å². The molecule has 2 amide bonds. The van der Waals surface area contributed by atoms with E-state index in [1.54, 1.807) is 0 Å². The Morgan fingerprint density at radius 1 is 1.13 bits per heavy atom. The van der Waals surface area contributed by atoms with Crippen molar-refractivity contribution in [1.29, 1.82) is 0 Å². The van der Waals surface area contributed by atoms with Crippen LogP contribution >= 0.6 is 35.2 Å². The molecular formula is C18H13ClN4O5S2. The molecule has 0 saturated heterocycles. The van der Waals surface area contributed by atoms with E-state index >= 15 is 0 Å². The fraction of sp³-hybridized carbons (Fsp3) is 0.0556. The maximum Gasteiger partial charge on any atom is 0.276 e. The number of nitro groups is 1. The number of amides is 2. The molecule has 0 unspecified atom stereocenters. The molecule has 0 aliphatic carbocycles. The lowest BCUT2D eigenvalue weighted by Crippen LogP contribution is -2.49. The lowest BCUT2D eigenvalue weighted by atomic mass is 10.2. The van der Waals surface area contributed by atoms with Gasteiger partial charge in [-0.3, -0.25) is 35.9 Å². The van der Waals surface area contributed by atoms with Crippen molar-refractivity contribution in [3.8, 4) is 5.75 Å². The number of hydrogen-bond acceptors (Lipinski definition) is 7. The molecule has 12 heteroatoms. The molecule has 0 saturated carbocycles. The first-order chi connectivity index (χ1) is 14.3. The lowest BCUT2D eigenvalue weighted by Gasteiger charge is -2.11. The molecule has 3 N–H and O–H groups in total. The maximum atomic E-state index is 12.4. The van der Waals surface area contributed by atoms with E-state index < -0.39 is 16.7 Å². The molecule has 30 heavy (non-hydrogen) atoms. The predicted molar refractivity (Wildman–Crippen MR) is 117 cm³/mol. The van der Waals surface area contributed by atoms with Gasteiger partial charge in [0.2, 0.25) is 0 Å².